The van der Waals surface area contributed by atoms with Crippen molar-refractivity contribution < 1.29 is 4.79 Å². The number of aromatic nitrogens is 1. The molecule has 22 heavy (non-hydrogen) atoms. The Morgan fingerprint density at radius 3 is 2.73 bits per heavy atom. The van der Waals surface area contributed by atoms with Crippen LogP contribution >= 0.6 is 11.6 Å². The molecule has 0 saturated heterocycles. The highest BCUT2D eigenvalue weighted by molar-refractivity contribution is 6.31. The first kappa shape index (κ1) is 13.3. The largest absolute Gasteiger partial charge is 0.292 e. The molecule has 0 atom stereocenters. The third-order valence-corrected chi connectivity index (χ3v) is 4.19. The van der Waals surface area contributed by atoms with E-state index in [-0.39, 0.29) is 5.91 Å². The van der Waals surface area contributed by atoms with E-state index in [9.17, 15) is 4.79 Å². The lowest BCUT2D eigenvalue weighted by atomic mass is 10.1. The van der Waals surface area contributed by atoms with Crippen LogP contribution < -0.4 is 4.90 Å². The van der Waals surface area contributed by atoms with E-state index in [1.54, 1.807) is 4.90 Å². The topological polar surface area (TPSA) is 33.2 Å². The van der Waals surface area contributed by atoms with E-state index in [1.165, 1.54) is 0 Å². The summed E-state index contributed by atoms with van der Waals surface area (Å²) in [5.74, 6) is 0.767. The van der Waals surface area contributed by atoms with Gasteiger partial charge in [-0.2, -0.15) is 0 Å². The first-order valence-electron chi connectivity index (χ1n) is 7.18. The van der Waals surface area contributed by atoms with Gasteiger partial charge in [-0.15, -0.1) is 0 Å². The Morgan fingerprint density at radius 2 is 1.91 bits per heavy atom. The van der Waals surface area contributed by atoms with Crippen molar-refractivity contribution in [1.82, 2.24) is 4.98 Å². The summed E-state index contributed by atoms with van der Waals surface area (Å²) in [6, 6.07) is 17.0. The highest BCUT2D eigenvalue weighted by Gasteiger charge is 2.27. The Morgan fingerprint density at radius 1 is 1.09 bits per heavy atom. The summed E-state index contributed by atoms with van der Waals surface area (Å²) in [5.41, 5.74) is 2.64. The molecule has 2 heterocycles. The van der Waals surface area contributed by atoms with Gasteiger partial charge >= 0.3 is 0 Å². The quantitative estimate of drug-likeness (QED) is 0.678. The second-order valence-corrected chi connectivity index (χ2v) is 5.82. The fraction of sp³-hybridized carbons (Fsp3) is 0.111. The Bertz CT molecular complexity index is 877. The normalized spacial score (nSPS) is 13.4. The van der Waals surface area contributed by atoms with Gasteiger partial charge in [-0.25, -0.2) is 4.98 Å². The van der Waals surface area contributed by atoms with Crippen molar-refractivity contribution in [2.24, 2.45) is 0 Å². The van der Waals surface area contributed by atoms with Crippen LogP contribution in [0.4, 0.5) is 5.82 Å². The number of amides is 1. The molecule has 0 saturated carbocycles. The van der Waals surface area contributed by atoms with E-state index in [4.69, 9.17) is 11.6 Å². The highest BCUT2D eigenvalue weighted by Crippen LogP contribution is 2.31. The lowest BCUT2D eigenvalue weighted by Gasteiger charge is -2.16. The molecule has 0 aliphatic carbocycles. The zero-order chi connectivity index (χ0) is 15.1. The van der Waals surface area contributed by atoms with Gasteiger partial charge in [0.25, 0.3) is 5.91 Å². The van der Waals surface area contributed by atoms with Crippen LogP contribution in [-0.2, 0) is 6.42 Å². The SMILES string of the molecule is O=C(c1ccccc1)N1CCc2cc3cc(Cl)ccc3nc21. The molecule has 1 amide bonds. The molecule has 0 N–H and O–H groups in total. The molecule has 108 valence electrons. The van der Waals surface area contributed by atoms with Crippen LogP contribution in [0.15, 0.2) is 54.6 Å². The maximum absolute atomic E-state index is 12.7. The van der Waals surface area contributed by atoms with Gasteiger partial charge in [0.05, 0.1) is 5.52 Å². The summed E-state index contributed by atoms with van der Waals surface area (Å²) in [4.78, 5) is 19.1. The minimum Gasteiger partial charge on any atom is -0.292 e. The van der Waals surface area contributed by atoms with Gasteiger partial charge in [0.1, 0.15) is 5.82 Å². The summed E-state index contributed by atoms with van der Waals surface area (Å²) in [7, 11) is 0. The summed E-state index contributed by atoms with van der Waals surface area (Å²) in [5, 5.41) is 1.71. The molecule has 0 bridgehead atoms. The number of carbonyl (C=O) groups excluding carboxylic acids is 1. The molecular weight excluding hydrogens is 296 g/mol. The van der Waals surface area contributed by atoms with Crippen molar-refractivity contribution in [3.8, 4) is 0 Å². The third-order valence-electron chi connectivity index (χ3n) is 3.96. The van der Waals surface area contributed by atoms with Crippen molar-refractivity contribution in [2.45, 2.75) is 6.42 Å². The van der Waals surface area contributed by atoms with Crippen molar-refractivity contribution >= 4 is 34.2 Å². The second-order valence-electron chi connectivity index (χ2n) is 5.38. The number of carbonyl (C=O) groups is 1. The standard InChI is InChI=1S/C18H13ClN2O/c19-15-6-7-16-14(11-15)10-13-8-9-21(17(13)20-16)18(22)12-4-2-1-3-5-12/h1-7,10-11H,8-9H2. The summed E-state index contributed by atoms with van der Waals surface area (Å²) in [6.07, 6.45) is 0.823. The van der Waals surface area contributed by atoms with Crippen molar-refractivity contribution in [3.05, 3.63) is 70.7 Å². The van der Waals surface area contributed by atoms with Gasteiger partial charge in [0.15, 0.2) is 0 Å². The Kier molecular flexibility index (Phi) is 3.09. The predicted octanol–water partition coefficient (Wildman–Crippen LogP) is 4.09. The van der Waals surface area contributed by atoms with E-state index in [2.05, 4.69) is 11.1 Å². The average molecular weight is 309 g/mol. The number of pyridine rings is 1. The lowest BCUT2D eigenvalue weighted by molar-refractivity contribution is 0.0989. The van der Waals surface area contributed by atoms with E-state index in [1.807, 2.05) is 48.5 Å². The number of anilines is 1. The third kappa shape index (κ3) is 2.14. The number of halogens is 1. The molecule has 1 aromatic heterocycles. The number of hydrogen-bond acceptors (Lipinski definition) is 2. The van der Waals surface area contributed by atoms with Gasteiger partial charge in [0, 0.05) is 22.5 Å². The van der Waals surface area contributed by atoms with Crippen molar-refractivity contribution in [2.75, 3.05) is 11.4 Å². The molecule has 3 nitrogen and oxygen atoms in total. The Labute approximate surface area is 133 Å². The van der Waals surface area contributed by atoms with Gasteiger partial charge in [-0.3, -0.25) is 9.69 Å². The first-order valence-corrected chi connectivity index (χ1v) is 7.56. The van der Waals surface area contributed by atoms with Crippen LogP contribution in [0.3, 0.4) is 0 Å². The maximum atomic E-state index is 12.7. The summed E-state index contributed by atoms with van der Waals surface area (Å²) in [6.45, 7) is 0.667. The first-order chi connectivity index (χ1) is 10.7. The lowest BCUT2D eigenvalue weighted by Crippen LogP contribution is -2.29. The van der Waals surface area contributed by atoms with E-state index >= 15 is 0 Å². The maximum Gasteiger partial charge on any atom is 0.259 e. The van der Waals surface area contributed by atoms with Gasteiger partial charge < -0.3 is 0 Å². The average Bonchev–Trinajstić information content (AvgIpc) is 2.95. The van der Waals surface area contributed by atoms with Crippen LogP contribution in [0, 0.1) is 0 Å². The molecule has 1 aliphatic rings. The Balaban J connectivity index is 1.79. The number of nitrogens with zero attached hydrogens (tertiary/aromatic N) is 2. The zero-order valence-corrected chi connectivity index (χ0v) is 12.5. The van der Waals surface area contributed by atoms with Gasteiger partial charge in [0.2, 0.25) is 0 Å². The molecule has 3 aromatic rings. The molecule has 4 rings (SSSR count). The molecule has 0 unspecified atom stereocenters. The molecule has 0 spiro atoms. The van der Waals surface area contributed by atoms with E-state index < -0.39 is 0 Å². The van der Waals surface area contributed by atoms with Gasteiger partial charge in [-0.05, 0) is 48.4 Å². The number of rotatable bonds is 1. The van der Waals surface area contributed by atoms with Crippen LogP contribution in [0.5, 0.6) is 0 Å². The van der Waals surface area contributed by atoms with E-state index in [0.717, 1.165) is 28.7 Å². The monoisotopic (exact) mass is 308 g/mol. The number of hydrogen-bond donors (Lipinski definition) is 0. The van der Waals surface area contributed by atoms with Crippen molar-refractivity contribution in [1.29, 1.82) is 0 Å². The van der Waals surface area contributed by atoms with Crippen LogP contribution in [0.25, 0.3) is 10.9 Å². The fourth-order valence-corrected chi connectivity index (χ4v) is 3.05. The van der Waals surface area contributed by atoms with E-state index in [0.29, 0.717) is 17.1 Å². The minimum atomic E-state index is 0.000151. The fourth-order valence-electron chi connectivity index (χ4n) is 2.87. The molecule has 2 aromatic carbocycles. The predicted molar refractivity (Wildman–Crippen MR) is 88.6 cm³/mol. The molecular formula is C18H13ClN2O. The smallest absolute Gasteiger partial charge is 0.259 e. The molecule has 1 aliphatic heterocycles. The van der Waals surface area contributed by atoms with Gasteiger partial charge in [-0.1, -0.05) is 29.8 Å². The summed E-state index contributed by atoms with van der Waals surface area (Å²) >= 11 is 6.04. The number of fused-ring (bicyclic) bond motifs is 2. The van der Waals surface area contributed by atoms with Crippen LogP contribution in [-0.4, -0.2) is 17.4 Å². The number of benzene rings is 2. The minimum absolute atomic E-state index is 0.000151. The van der Waals surface area contributed by atoms with Crippen LogP contribution in [0.2, 0.25) is 5.02 Å². The zero-order valence-electron chi connectivity index (χ0n) is 11.8. The Hall–Kier alpha value is -2.39. The summed E-state index contributed by atoms with van der Waals surface area (Å²) < 4.78 is 0. The molecule has 0 radical (unpaired) electrons. The second kappa shape index (κ2) is 5.11. The molecule has 4 heteroatoms. The van der Waals surface area contributed by atoms with Crippen LogP contribution in [0.1, 0.15) is 15.9 Å². The van der Waals surface area contributed by atoms with Crippen molar-refractivity contribution in [3.63, 3.8) is 0 Å². The highest BCUT2D eigenvalue weighted by atomic mass is 35.5. The molecule has 0 fully saturated rings.